The fourth-order valence-electron chi connectivity index (χ4n) is 3.33. The molecule has 3 rings (SSSR count). The van der Waals surface area contributed by atoms with E-state index in [2.05, 4.69) is 10.6 Å². The summed E-state index contributed by atoms with van der Waals surface area (Å²) < 4.78 is 0. The van der Waals surface area contributed by atoms with E-state index in [9.17, 15) is 9.59 Å². The highest BCUT2D eigenvalue weighted by Crippen LogP contribution is 2.25. The molecule has 6 heteroatoms. The molecule has 2 saturated heterocycles. The maximum absolute atomic E-state index is 12.5. The third kappa shape index (κ3) is 3.35. The van der Waals surface area contributed by atoms with E-state index < -0.39 is 6.04 Å². The average molecular weight is 336 g/mol. The fourth-order valence-corrected chi connectivity index (χ4v) is 3.54. The predicted molar refractivity (Wildman–Crippen MR) is 89.0 cm³/mol. The van der Waals surface area contributed by atoms with Crippen molar-refractivity contribution in [3.63, 3.8) is 0 Å². The summed E-state index contributed by atoms with van der Waals surface area (Å²) in [6.45, 7) is 5.16. The van der Waals surface area contributed by atoms with Crippen LogP contribution >= 0.6 is 11.6 Å². The number of hydrogen-bond donors (Lipinski definition) is 2. The van der Waals surface area contributed by atoms with E-state index in [1.54, 1.807) is 4.90 Å². The van der Waals surface area contributed by atoms with Crippen LogP contribution in [0.25, 0.3) is 0 Å². The highest BCUT2D eigenvalue weighted by molar-refractivity contribution is 6.30. The molecule has 0 bridgehead atoms. The van der Waals surface area contributed by atoms with Crippen molar-refractivity contribution in [1.29, 1.82) is 0 Å². The number of nitrogens with one attached hydrogen (secondary N) is 2. The summed E-state index contributed by atoms with van der Waals surface area (Å²) in [5.74, 6) is 0.109. The molecule has 1 aromatic carbocycles. The molecule has 2 fully saturated rings. The lowest BCUT2D eigenvalue weighted by molar-refractivity contribution is -0.148. The van der Waals surface area contributed by atoms with Crippen LogP contribution in [-0.4, -0.2) is 41.4 Å². The first-order valence-electron chi connectivity index (χ1n) is 8.04. The molecule has 2 heterocycles. The fraction of sp³-hybridized carbons (Fsp3) is 0.529. The van der Waals surface area contributed by atoms with E-state index in [0.717, 1.165) is 5.56 Å². The van der Waals surface area contributed by atoms with Gasteiger partial charge in [-0.3, -0.25) is 9.59 Å². The van der Waals surface area contributed by atoms with Crippen LogP contribution in [0, 0.1) is 5.92 Å². The second-order valence-electron chi connectivity index (χ2n) is 6.68. The third-order valence-corrected chi connectivity index (χ3v) is 4.84. The van der Waals surface area contributed by atoms with Crippen LogP contribution in [0.5, 0.6) is 0 Å². The lowest BCUT2D eigenvalue weighted by atomic mass is 9.98. The molecule has 2 N–H and O–H groups in total. The number of benzene rings is 1. The number of nitrogens with zero attached hydrogens (tertiary/aromatic N) is 1. The maximum atomic E-state index is 12.5. The minimum Gasteiger partial charge on any atom is -0.342 e. The smallest absolute Gasteiger partial charge is 0.246 e. The molecule has 0 radical (unpaired) electrons. The standard InChI is InChI=1S/C17H22ClN3O2/c1-10(2)15-17(23)21-9-13(7-14(21)16(22)20-15)19-8-11-4-3-5-12(18)6-11/h3-6,10,13-15,19H,7-9H2,1-2H3,(H,20,22)/t13-,14-,15-/m0/s1. The Bertz CT molecular complexity index is 620. The zero-order chi connectivity index (χ0) is 16.6. The van der Waals surface area contributed by atoms with Crippen molar-refractivity contribution in [2.45, 2.75) is 44.9 Å². The Morgan fingerprint density at radius 1 is 1.39 bits per heavy atom. The summed E-state index contributed by atoms with van der Waals surface area (Å²) in [6, 6.07) is 7.08. The molecule has 2 amide bonds. The Balaban J connectivity index is 1.63. The second kappa shape index (κ2) is 6.49. The van der Waals surface area contributed by atoms with Crippen molar-refractivity contribution in [2.75, 3.05) is 6.54 Å². The predicted octanol–water partition coefficient (Wildman–Crippen LogP) is 1.55. The highest BCUT2D eigenvalue weighted by Gasteiger charge is 2.46. The number of amides is 2. The molecule has 23 heavy (non-hydrogen) atoms. The van der Waals surface area contributed by atoms with Gasteiger partial charge in [-0.25, -0.2) is 0 Å². The minimum atomic E-state index is -0.398. The number of hydrogen-bond acceptors (Lipinski definition) is 3. The SMILES string of the molecule is CC(C)[C@@H]1NC(=O)[C@@H]2C[C@H](NCc3cccc(Cl)c3)CN2C1=O. The first-order valence-corrected chi connectivity index (χ1v) is 8.42. The average Bonchev–Trinajstić information content (AvgIpc) is 2.94. The monoisotopic (exact) mass is 335 g/mol. The largest absolute Gasteiger partial charge is 0.342 e. The molecule has 0 aliphatic carbocycles. The van der Waals surface area contributed by atoms with Gasteiger partial charge in [0.1, 0.15) is 12.1 Å². The highest BCUT2D eigenvalue weighted by atomic mass is 35.5. The van der Waals surface area contributed by atoms with E-state index in [1.807, 2.05) is 38.1 Å². The van der Waals surface area contributed by atoms with Crippen LogP contribution < -0.4 is 10.6 Å². The summed E-state index contributed by atoms with van der Waals surface area (Å²) >= 11 is 5.99. The Morgan fingerprint density at radius 2 is 2.17 bits per heavy atom. The van der Waals surface area contributed by atoms with Crippen LogP contribution in [-0.2, 0) is 16.1 Å². The molecular formula is C17H22ClN3O2. The van der Waals surface area contributed by atoms with Crippen LogP contribution in [0.1, 0.15) is 25.8 Å². The quantitative estimate of drug-likeness (QED) is 0.877. The van der Waals surface area contributed by atoms with Crippen molar-refractivity contribution in [2.24, 2.45) is 5.92 Å². The van der Waals surface area contributed by atoms with Gasteiger partial charge in [0.25, 0.3) is 0 Å². The number of halogens is 1. The van der Waals surface area contributed by atoms with Crippen LogP contribution in [0.4, 0.5) is 0 Å². The maximum Gasteiger partial charge on any atom is 0.246 e. The molecule has 0 aromatic heterocycles. The van der Waals surface area contributed by atoms with Gasteiger partial charge < -0.3 is 15.5 Å². The molecule has 1 aromatic rings. The van der Waals surface area contributed by atoms with Crippen LogP contribution in [0.15, 0.2) is 24.3 Å². The molecule has 124 valence electrons. The van der Waals surface area contributed by atoms with Crippen LogP contribution in [0.3, 0.4) is 0 Å². The van der Waals surface area contributed by atoms with Crippen LogP contribution in [0.2, 0.25) is 5.02 Å². The van der Waals surface area contributed by atoms with Crippen molar-refractivity contribution in [1.82, 2.24) is 15.5 Å². The zero-order valence-corrected chi connectivity index (χ0v) is 14.1. The summed E-state index contributed by atoms with van der Waals surface area (Å²) in [4.78, 5) is 26.5. The second-order valence-corrected chi connectivity index (χ2v) is 7.12. The van der Waals surface area contributed by atoms with E-state index in [4.69, 9.17) is 11.6 Å². The van der Waals surface area contributed by atoms with Crippen molar-refractivity contribution in [3.8, 4) is 0 Å². The lowest BCUT2D eigenvalue weighted by Gasteiger charge is -2.36. The van der Waals surface area contributed by atoms with Gasteiger partial charge in [0.05, 0.1) is 0 Å². The Labute approximate surface area is 141 Å². The van der Waals surface area contributed by atoms with Gasteiger partial charge in [-0.15, -0.1) is 0 Å². The van der Waals surface area contributed by atoms with Gasteiger partial charge >= 0.3 is 0 Å². The summed E-state index contributed by atoms with van der Waals surface area (Å²) in [6.07, 6.45) is 0.656. The first kappa shape index (κ1) is 16.3. The van der Waals surface area contributed by atoms with E-state index in [-0.39, 0.29) is 29.8 Å². The van der Waals surface area contributed by atoms with E-state index in [0.29, 0.717) is 24.5 Å². The Kier molecular flexibility index (Phi) is 4.60. The van der Waals surface area contributed by atoms with Gasteiger partial charge in [0.2, 0.25) is 11.8 Å². The molecule has 5 nitrogen and oxygen atoms in total. The normalized spacial score (nSPS) is 27.3. The first-order chi connectivity index (χ1) is 11.0. The van der Waals surface area contributed by atoms with Gasteiger partial charge in [0.15, 0.2) is 0 Å². The lowest BCUT2D eigenvalue weighted by Crippen LogP contribution is -2.62. The molecule has 0 unspecified atom stereocenters. The van der Waals surface area contributed by atoms with E-state index in [1.165, 1.54) is 0 Å². The number of rotatable bonds is 4. The number of carbonyl (C=O) groups is 2. The molecule has 2 aliphatic rings. The van der Waals surface area contributed by atoms with E-state index >= 15 is 0 Å². The minimum absolute atomic E-state index is 0.0321. The van der Waals surface area contributed by atoms with Crippen molar-refractivity contribution >= 4 is 23.4 Å². The molecule has 0 saturated carbocycles. The summed E-state index contributed by atoms with van der Waals surface area (Å²) in [7, 11) is 0. The summed E-state index contributed by atoms with van der Waals surface area (Å²) in [5.41, 5.74) is 1.10. The number of piperazine rings is 1. The van der Waals surface area contributed by atoms with Gasteiger partial charge in [-0.05, 0) is 30.0 Å². The number of carbonyl (C=O) groups excluding carboxylic acids is 2. The van der Waals surface area contributed by atoms with Crippen molar-refractivity contribution in [3.05, 3.63) is 34.9 Å². The topological polar surface area (TPSA) is 61.4 Å². The molecular weight excluding hydrogens is 314 g/mol. The molecule has 0 spiro atoms. The third-order valence-electron chi connectivity index (χ3n) is 4.60. The Morgan fingerprint density at radius 3 is 2.87 bits per heavy atom. The van der Waals surface area contributed by atoms with Gasteiger partial charge in [-0.1, -0.05) is 37.6 Å². The zero-order valence-electron chi connectivity index (χ0n) is 13.4. The van der Waals surface area contributed by atoms with Gasteiger partial charge in [0, 0.05) is 24.2 Å². The Hall–Kier alpha value is -1.59. The van der Waals surface area contributed by atoms with Gasteiger partial charge in [-0.2, -0.15) is 0 Å². The summed E-state index contributed by atoms with van der Waals surface area (Å²) in [5, 5.41) is 7.01. The van der Waals surface area contributed by atoms with Crippen molar-refractivity contribution < 1.29 is 9.59 Å². The number of fused-ring (bicyclic) bond motifs is 1. The molecule has 2 aliphatic heterocycles. The molecule has 3 atom stereocenters.